The SMILES string of the molecule is COc1ccc2c(c1)C(c1ccccc1)=C(c1ccccc1)N=S2(C)=O. The number of methoxy groups -OCH3 is 1. The Morgan fingerprint density at radius 1 is 0.846 bits per heavy atom. The van der Waals surface area contributed by atoms with E-state index in [1.54, 1.807) is 13.4 Å². The predicted molar refractivity (Wildman–Crippen MR) is 107 cm³/mol. The maximum Gasteiger partial charge on any atom is 0.119 e. The molecule has 3 aromatic rings. The van der Waals surface area contributed by atoms with Gasteiger partial charge in [-0.25, -0.2) is 4.21 Å². The zero-order chi connectivity index (χ0) is 18.1. The molecule has 0 aromatic heterocycles. The molecule has 0 N–H and O–H groups in total. The molecule has 26 heavy (non-hydrogen) atoms. The largest absolute Gasteiger partial charge is 0.497 e. The highest BCUT2D eigenvalue weighted by molar-refractivity contribution is 7.93. The van der Waals surface area contributed by atoms with Gasteiger partial charge in [-0.2, -0.15) is 4.36 Å². The number of nitrogens with zero attached hydrogens (tertiary/aromatic N) is 1. The third-order valence-corrected chi connectivity index (χ3v) is 6.18. The zero-order valence-electron chi connectivity index (χ0n) is 14.7. The quantitative estimate of drug-likeness (QED) is 0.652. The van der Waals surface area contributed by atoms with E-state index < -0.39 is 9.73 Å². The molecule has 4 rings (SSSR count). The maximum atomic E-state index is 13.3. The molecule has 1 unspecified atom stereocenters. The maximum absolute atomic E-state index is 13.3. The van der Waals surface area contributed by atoms with Gasteiger partial charge in [0.2, 0.25) is 0 Å². The van der Waals surface area contributed by atoms with Crippen LogP contribution in [0.2, 0.25) is 0 Å². The molecule has 130 valence electrons. The Kier molecular flexibility index (Phi) is 4.13. The molecule has 4 heteroatoms. The van der Waals surface area contributed by atoms with E-state index in [-0.39, 0.29) is 0 Å². The third-order valence-electron chi connectivity index (χ3n) is 4.48. The van der Waals surface area contributed by atoms with Gasteiger partial charge in [-0.1, -0.05) is 60.7 Å². The number of benzene rings is 3. The molecular weight excluding hydrogens is 342 g/mol. The molecule has 0 spiro atoms. The highest BCUT2D eigenvalue weighted by atomic mass is 32.2. The van der Waals surface area contributed by atoms with Crippen molar-refractivity contribution in [2.75, 3.05) is 13.4 Å². The van der Waals surface area contributed by atoms with Crippen LogP contribution in [0.25, 0.3) is 11.3 Å². The average molecular weight is 361 g/mol. The summed E-state index contributed by atoms with van der Waals surface area (Å²) in [6.45, 7) is 0. The minimum atomic E-state index is -2.54. The molecule has 0 amide bonds. The minimum Gasteiger partial charge on any atom is -0.497 e. The smallest absolute Gasteiger partial charge is 0.119 e. The molecule has 0 saturated heterocycles. The first kappa shape index (κ1) is 16.6. The van der Waals surface area contributed by atoms with Crippen molar-refractivity contribution >= 4 is 21.0 Å². The number of ether oxygens (including phenoxy) is 1. The predicted octanol–water partition coefficient (Wildman–Crippen LogP) is 5.08. The lowest BCUT2D eigenvalue weighted by Crippen LogP contribution is -2.10. The number of rotatable bonds is 3. The van der Waals surface area contributed by atoms with Gasteiger partial charge in [0.05, 0.1) is 27.4 Å². The van der Waals surface area contributed by atoms with Crippen LogP contribution in [0.15, 0.2) is 88.1 Å². The number of fused-ring (bicyclic) bond motifs is 1. The van der Waals surface area contributed by atoms with Crippen molar-refractivity contribution in [2.24, 2.45) is 4.36 Å². The topological polar surface area (TPSA) is 38.7 Å². The second-order valence-corrected chi connectivity index (χ2v) is 8.44. The van der Waals surface area contributed by atoms with E-state index in [2.05, 4.69) is 12.1 Å². The monoisotopic (exact) mass is 361 g/mol. The summed E-state index contributed by atoms with van der Waals surface area (Å²) in [6, 6.07) is 25.7. The van der Waals surface area contributed by atoms with Crippen molar-refractivity contribution in [1.29, 1.82) is 0 Å². The fourth-order valence-corrected chi connectivity index (χ4v) is 4.78. The Bertz CT molecular complexity index is 1110. The van der Waals surface area contributed by atoms with E-state index in [1.165, 1.54) is 0 Å². The summed E-state index contributed by atoms with van der Waals surface area (Å²) in [6.07, 6.45) is 1.70. The van der Waals surface area contributed by atoms with Crippen molar-refractivity contribution in [3.05, 3.63) is 95.6 Å². The van der Waals surface area contributed by atoms with E-state index in [9.17, 15) is 4.21 Å². The van der Waals surface area contributed by atoms with Crippen LogP contribution in [0.4, 0.5) is 0 Å². The van der Waals surface area contributed by atoms with Gasteiger partial charge in [-0.05, 0) is 23.8 Å². The Balaban J connectivity index is 2.13. The van der Waals surface area contributed by atoms with Crippen LogP contribution in [-0.4, -0.2) is 17.6 Å². The summed E-state index contributed by atoms with van der Waals surface area (Å²) in [4.78, 5) is 0.747. The van der Waals surface area contributed by atoms with Gasteiger partial charge < -0.3 is 4.74 Å². The van der Waals surface area contributed by atoms with E-state index in [0.29, 0.717) is 0 Å². The number of hydrogen-bond donors (Lipinski definition) is 0. The fourth-order valence-electron chi connectivity index (χ4n) is 3.25. The van der Waals surface area contributed by atoms with Crippen molar-refractivity contribution in [2.45, 2.75) is 4.90 Å². The van der Waals surface area contributed by atoms with E-state index in [1.807, 2.05) is 66.7 Å². The molecule has 0 bridgehead atoms. The summed E-state index contributed by atoms with van der Waals surface area (Å²) in [5, 5.41) is 0. The first-order chi connectivity index (χ1) is 12.6. The highest BCUT2D eigenvalue weighted by Crippen LogP contribution is 2.42. The van der Waals surface area contributed by atoms with Gasteiger partial charge in [-0.15, -0.1) is 0 Å². The summed E-state index contributed by atoms with van der Waals surface area (Å²) in [5.74, 6) is 0.738. The van der Waals surface area contributed by atoms with Gasteiger partial charge in [0.25, 0.3) is 0 Å². The van der Waals surface area contributed by atoms with E-state index in [0.717, 1.165) is 38.6 Å². The molecular formula is C22H19NO2S. The minimum absolute atomic E-state index is 0.738. The van der Waals surface area contributed by atoms with Gasteiger partial charge in [0, 0.05) is 23.0 Å². The summed E-state index contributed by atoms with van der Waals surface area (Å²) in [7, 11) is -0.903. The second-order valence-electron chi connectivity index (χ2n) is 6.21. The van der Waals surface area contributed by atoms with Crippen LogP contribution in [0.1, 0.15) is 16.7 Å². The zero-order valence-corrected chi connectivity index (χ0v) is 15.5. The van der Waals surface area contributed by atoms with Crippen LogP contribution in [0.5, 0.6) is 5.75 Å². The van der Waals surface area contributed by atoms with Gasteiger partial charge in [0.1, 0.15) is 5.75 Å². The van der Waals surface area contributed by atoms with Gasteiger partial charge in [-0.3, -0.25) is 0 Å². The average Bonchev–Trinajstić information content (AvgIpc) is 2.68. The molecule has 0 radical (unpaired) electrons. The van der Waals surface area contributed by atoms with Crippen LogP contribution >= 0.6 is 0 Å². The molecule has 0 fully saturated rings. The summed E-state index contributed by atoms with van der Waals surface area (Å²) >= 11 is 0. The lowest BCUT2D eigenvalue weighted by atomic mass is 9.93. The van der Waals surface area contributed by atoms with Crippen LogP contribution < -0.4 is 4.74 Å². The standard InChI is InChI=1S/C22H19NO2S/c1-25-18-13-14-20-19(15-18)21(16-9-5-3-6-10-16)22(23-26(20,2)24)17-11-7-4-8-12-17/h3-15H,1-2H3. The van der Waals surface area contributed by atoms with Crippen LogP contribution in [0.3, 0.4) is 0 Å². The Labute approximate surface area is 154 Å². The van der Waals surface area contributed by atoms with Crippen molar-refractivity contribution in [1.82, 2.24) is 0 Å². The lowest BCUT2D eigenvalue weighted by Gasteiger charge is -2.23. The lowest BCUT2D eigenvalue weighted by molar-refractivity contribution is 0.414. The second kappa shape index (κ2) is 6.46. The molecule has 3 aromatic carbocycles. The van der Waals surface area contributed by atoms with Crippen LogP contribution in [-0.2, 0) is 9.73 Å². The number of hydrogen-bond acceptors (Lipinski definition) is 3. The highest BCUT2D eigenvalue weighted by Gasteiger charge is 2.26. The van der Waals surface area contributed by atoms with E-state index >= 15 is 0 Å². The van der Waals surface area contributed by atoms with Crippen molar-refractivity contribution in [3.8, 4) is 5.75 Å². The molecule has 3 nitrogen and oxygen atoms in total. The van der Waals surface area contributed by atoms with Crippen LogP contribution in [0, 0.1) is 0 Å². The molecule has 1 aliphatic heterocycles. The summed E-state index contributed by atoms with van der Waals surface area (Å²) < 4.78 is 23.5. The van der Waals surface area contributed by atoms with Crippen molar-refractivity contribution < 1.29 is 8.95 Å². The Hall–Kier alpha value is -2.85. The molecule has 1 atom stereocenters. The normalized spacial score (nSPS) is 18.8. The fraction of sp³-hybridized carbons (Fsp3) is 0.0909. The van der Waals surface area contributed by atoms with Gasteiger partial charge in [0.15, 0.2) is 0 Å². The summed E-state index contributed by atoms with van der Waals surface area (Å²) in [5.41, 5.74) is 4.64. The van der Waals surface area contributed by atoms with Crippen molar-refractivity contribution in [3.63, 3.8) is 0 Å². The molecule has 0 aliphatic carbocycles. The molecule has 1 aliphatic rings. The van der Waals surface area contributed by atoms with Gasteiger partial charge >= 0.3 is 0 Å². The van der Waals surface area contributed by atoms with E-state index in [4.69, 9.17) is 9.10 Å². The third kappa shape index (κ3) is 2.82. The Morgan fingerprint density at radius 2 is 1.46 bits per heavy atom. The first-order valence-electron chi connectivity index (χ1n) is 8.36. The Morgan fingerprint density at radius 3 is 2.08 bits per heavy atom. The molecule has 0 saturated carbocycles. The molecule has 1 heterocycles. The first-order valence-corrected chi connectivity index (χ1v) is 10.3.